The lowest BCUT2D eigenvalue weighted by molar-refractivity contribution is 0.523. The average Bonchev–Trinajstić information content (AvgIpc) is 3.02. The molecule has 0 spiro atoms. The molecule has 0 bridgehead atoms. The van der Waals surface area contributed by atoms with E-state index in [0.717, 1.165) is 19.4 Å². The number of hydrogen-bond donors (Lipinski definition) is 1. The van der Waals surface area contributed by atoms with E-state index in [1.165, 1.54) is 16.3 Å². The van der Waals surface area contributed by atoms with Crippen molar-refractivity contribution in [3.8, 4) is 0 Å². The molecule has 0 aliphatic heterocycles. The zero-order valence-electron chi connectivity index (χ0n) is 13.7. The van der Waals surface area contributed by atoms with Crippen LogP contribution < -0.4 is 5.32 Å². The highest BCUT2D eigenvalue weighted by Gasteiger charge is 2.20. The van der Waals surface area contributed by atoms with E-state index in [2.05, 4.69) is 49.7 Å². The topological polar surface area (TPSA) is 42.7 Å². The number of thiazole rings is 1. The Bertz CT molecular complexity index is 565. The van der Waals surface area contributed by atoms with Crippen LogP contribution in [0.3, 0.4) is 0 Å². The molecule has 0 fully saturated rings. The highest BCUT2D eigenvalue weighted by molar-refractivity contribution is 7.09. The molecule has 2 heterocycles. The van der Waals surface area contributed by atoms with Crippen molar-refractivity contribution in [2.75, 3.05) is 6.54 Å². The first kappa shape index (κ1) is 16.2. The van der Waals surface area contributed by atoms with Crippen molar-refractivity contribution in [3.05, 3.63) is 34.0 Å². The molecule has 4 nitrogen and oxygen atoms in total. The number of nitrogens with zero attached hydrogens (tertiary/aromatic N) is 3. The van der Waals surface area contributed by atoms with Crippen LogP contribution in [0.5, 0.6) is 0 Å². The van der Waals surface area contributed by atoms with Gasteiger partial charge >= 0.3 is 0 Å². The van der Waals surface area contributed by atoms with Gasteiger partial charge in [0.1, 0.15) is 0 Å². The zero-order chi connectivity index (χ0) is 15.5. The second-order valence-electron chi connectivity index (χ2n) is 6.53. The molecule has 5 heteroatoms. The van der Waals surface area contributed by atoms with Crippen LogP contribution in [0, 0.1) is 0 Å². The third-order valence-corrected chi connectivity index (χ3v) is 4.34. The summed E-state index contributed by atoms with van der Waals surface area (Å²) in [4.78, 5) is 4.81. The van der Waals surface area contributed by atoms with E-state index in [-0.39, 0.29) is 11.5 Å². The lowest BCUT2D eigenvalue weighted by Gasteiger charge is -2.16. The van der Waals surface area contributed by atoms with Crippen LogP contribution >= 0.6 is 11.3 Å². The SMILES string of the molecule is CCCNC(Cc1nc(C(C)(C)C)cs1)c1cnn(C)c1. The van der Waals surface area contributed by atoms with Gasteiger partial charge in [0.2, 0.25) is 0 Å². The standard InChI is InChI=1S/C16H26N4S/c1-6-7-17-13(12-9-18-20(5)10-12)8-15-19-14(11-21-15)16(2,3)4/h9-11,13,17H,6-8H2,1-5H3. The Morgan fingerprint density at radius 1 is 1.38 bits per heavy atom. The van der Waals surface area contributed by atoms with Gasteiger partial charge in [-0.25, -0.2) is 4.98 Å². The molecule has 2 aromatic rings. The molecule has 21 heavy (non-hydrogen) atoms. The van der Waals surface area contributed by atoms with E-state index in [0.29, 0.717) is 0 Å². The summed E-state index contributed by atoms with van der Waals surface area (Å²) >= 11 is 1.76. The number of aryl methyl sites for hydroxylation is 1. The Kier molecular flexibility index (Phi) is 5.17. The summed E-state index contributed by atoms with van der Waals surface area (Å²) in [7, 11) is 1.96. The number of aromatic nitrogens is 3. The number of nitrogens with one attached hydrogen (secondary N) is 1. The van der Waals surface area contributed by atoms with Crippen LogP contribution in [0.4, 0.5) is 0 Å². The van der Waals surface area contributed by atoms with Gasteiger partial charge in [-0.2, -0.15) is 5.10 Å². The molecular weight excluding hydrogens is 280 g/mol. The van der Waals surface area contributed by atoms with Gasteiger partial charge in [-0.3, -0.25) is 4.68 Å². The monoisotopic (exact) mass is 306 g/mol. The number of rotatable bonds is 6. The van der Waals surface area contributed by atoms with Crippen LogP contribution in [-0.4, -0.2) is 21.3 Å². The second-order valence-corrected chi connectivity index (χ2v) is 7.48. The van der Waals surface area contributed by atoms with Crippen LogP contribution in [0.2, 0.25) is 0 Å². The van der Waals surface area contributed by atoms with Crippen LogP contribution in [-0.2, 0) is 18.9 Å². The summed E-state index contributed by atoms with van der Waals surface area (Å²) in [5.41, 5.74) is 2.54. The minimum absolute atomic E-state index is 0.120. The minimum Gasteiger partial charge on any atom is -0.309 e. The molecule has 0 amide bonds. The van der Waals surface area contributed by atoms with Gasteiger partial charge in [-0.1, -0.05) is 27.7 Å². The van der Waals surface area contributed by atoms with Crippen LogP contribution in [0.25, 0.3) is 0 Å². The third kappa shape index (κ3) is 4.38. The Morgan fingerprint density at radius 2 is 2.14 bits per heavy atom. The fourth-order valence-electron chi connectivity index (χ4n) is 2.17. The van der Waals surface area contributed by atoms with Gasteiger partial charge in [-0.15, -0.1) is 11.3 Å². The molecule has 0 saturated carbocycles. The van der Waals surface area contributed by atoms with E-state index in [9.17, 15) is 0 Å². The second kappa shape index (κ2) is 6.71. The summed E-state index contributed by atoms with van der Waals surface area (Å²) in [6.45, 7) is 9.82. The third-order valence-electron chi connectivity index (χ3n) is 3.47. The number of hydrogen-bond acceptors (Lipinski definition) is 4. The Labute approximate surface area is 131 Å². The van der Waals surface area contributed by atoms with Gasteiger partial charge in [0.25, 0.3) is 0 Å². The molecule has 2 rings (SSSR count). The van der Waals surface area contributed by atoms with E-state index >= 15 is 0 Å². The highest BCUT2D eigenvalue weighted by Crippen LogP contribution is 2.26. The first-order chi connectivity index (χ1) is 9.90. The van der Waals surface area contributed by atoms with Crippen molar-refractivity contribution in [2.24, 2.45) is 7.05 Å². The molecule has 0 saturated heterocycles. The van der Waals surface area contributed by atoms with Crippen molar-refractivity contribution < 1.29 is 0 Å². The van der Waals surface area contributed by atoms with E-state index in [4.69, 9.17) is 4.98 Å². The predicted octanol–water partition coefficient (Wildman–Crippen LogP) is 3.46. The largest absolute Gasteiger partial charge is 0.309 e. The Hall–Kier alpha value is -1.20. The fraction of sp³-hybridized carbons (Fsp3) is 0.625. The zero-order valence-corrected chi connectivity index (χ0v) is 14.5. The van der Waals surface area contributed by atoms with Gasteiger partial charge in [0, 0.05) is 42.1 Å². The van der Waals surface area contributed by atoms with Crippen LogP contribution in [0.1, 0.15) is 56.4 Å². The molecule has 0 radical (unpaired) electrons. The normalized spacial score (nSPS) is 13.6. The molecule has 2 aromatic heterocycles. The van der Waals surface area contributed by atoms with Gasteiger partial charge in [0.15, 0.2) is 0 Å². The summed E-state index contributed by atoms with van der Waals surface area (Å²) < 4.78 is 1.86. The maximum Gasteiger partial charge on any atom is 0.0947 e. The molecule has 116 valence electrons. The van der Waals surface area contributed by atoms with Gasteiger partial charge in [-0.05, 0) is 13.0 Å². The Morgan fingerprint density at radius 3 is 2.67 bits per heavy atom. The quantitative estimate of drug-likeness (QED) is 0.889. The first-order valence-electron chi connectivity index (χ1n) is 7.57. The Balaban J connectivity index is 2.13. The maximum absolute atomic E-state index is 4.81. The molecule has 0 aromatic carbocycles. The molecule has 1 N–H and O–H groups in total. The predicted molar refractivity (Wildman–Crippen MR) is 88.8 cm³/mol. The average molecular weight is 306 g/mol. The lowest BCUT2D eigenvalue weighted by Crippen LogP contribution is -2.24. The smallest absolute Gasteiger partial charge is 0.0947 e. The van der Waals surface area contributed by atoms with E-state index in [1.54, 1.807) is 11.3 Å². The minimum atomic E-state index is 0.120. The summed E-state index contributed by atoms with van der Waals surface area (Å²) in [6, 6.07) is 0.289. The van der Waals surface area contributed by atoms with E-state index in [1.807, 2.05) is 17.9 Å². The van der Waals surface area contributed by atoms with Crippen molar-refractivity contribution >= 4 is 11.3 Å². The van der Waals surface area contributed by atoms with Gasteiger partial charge < -0.3 is 5.32 Å². The molecule has 0 aliphatic carbocycles. The van der Waals surface area contributed by atoms with E-state index < -0.39 is 0 Å². The molecular formula is C16H26N4S. The molecule has 1 unspecified atom stereocenters. The van der Waals surface area contributed by atoms with Crippen LogP contribution in [0.15, 0.2) is 17.8 Å². The molecule has 0 aliphatic rings. The first-order valence-corrected chi connectivity index (χ1v) is 8.45. The summed E-state index contributed by atoms with van der Waals surface area (Å²) in [5, 5.41) is 11.3. The van der Waals surface area contributed by atoms with Gasteiger partial charge in [0.05, 0.1) is 16.9 Å². The van der Waals surface area contributed by atoms with Crippen molar-refractivity contribution in [2.45, 2.75) is 52.0 Å². The van der Waals surface area contributed by atoms with Crippen molar-refractivity contribution in [1.82, 2.24) is 20.1 Å². The molecule has 1 atom stereocenters. The highest BCUT2D eigenvalue weighted by atomic mass is 32.1. The van der Waals surface area contributed by atoms with Crippen molar-refractivity contribution in [1.29, 1.82) is 0 Å². The lowest BCUT2D eigenvalue weighted by atomic mass is 9.93. The summed E-state index contributed by atoms with van der Waals surface area (Å²) in [6.07, 6.45) is 6.09. The van der Waals surface area contributed by atoms with Crippen molar-refractivity contribution in [3.63, 3.8) is 0 Å². The maximum atomic E-state index is 4.81. The fourth-order valence-corrected chi connectivity index (χ4v) is 3.24. The summed E-state index contributed by atoms with van der Waals surface area (Å²) in [5.74, 6) is 0.